The third-order valence-corrected chi connectivity index (χ3v) is 5.76. The number of amides is 1. The van der Waals surface area contributed by atoms with Gasteiger partial charge in [0.1, 0.15) is 5.75 Å². The highest BCUT2D eigenvalue weighted by molar-refractivity contribution is 9.10. The molecule has 1 amide bonds. The van der Waals surface area contributed by atoms with E-state index in [1.54, 1.807) is 17.0 Å². The molecule has 1 N–H and O–H groups in total. The number of hydrogen-bond acceptors (Lipinski definition) is 5. The van der Waals surface area contributed by atoms with Crippen molar-refractivity contribution in [2.75, 3.05) is 6.54 Å². The lowest BCUT2D eigenvalue weighted by molar-refractivity contribution is -0.122. The Kier molecular flexibility index (Phi) is 6.99. The van der Waals surface area contributed by atoms with E-state index in [2.05, 4.69) is 20.9 Å². The Balaban J connectivity index is 1.89. The molecule has 0 bridgehead atoms. The number of hydrogen-bond donors (Lipinski definition) is 1. The van der Waals surface area contributed by atoms with Crippen LogP contribution in [0, 0.1) is 0 Å². The van der Waals surface area contributed by atoms with Gasteiger partial charge in [0.2, 0.25) is 0 Å². The van der Waals surface area contributed by atoms with E-state index in [9.17, 15) is 9.59 Å². The number of aromatic carboxylic acids is 1. The third kappa shape index (κ3) is 5.12. The molecule has 3 rings (SSSR count). The summed E-state index contributed by atoms with van der Waals surface area (Å²) in [6.07, 6.45) is 1.88. The van der Waals surface area contributed by atoms with Crippen molar-refractivity contribution in [3.05, 3.63) is 63.0 Å². The van der Waals surface area contributed by atoms with Crippen LogP contribution in [0.4, 0.5) is 5.69 Å². The second-order valence-electron chi connectivity index (χ2n) is 6.77. The number of carboxylic acids is 1. The number of aliphatic imine (C=N–C) groups is 1. The molecule has 1 aliphatic heterocycles. The minimum atomic E-state index is -1.02. The van der Waals surface area contributed by atoms with Crippen molar-refractivity contribution in [1.82, 2.24) is 4.90 Å². The lowest BCUT2D eigenvalue weighted by atomic mass is 10.2. The topological polar surface area (TPSA) is 79.2 Å². The molecule has 156 valence electrons. The van der Waals surface area contributed by atoms with Crippen LogP contribution in [0.15, 0.2) is 56.8 Å². The van der Waals surface area contributed by atoms with Crippen molar-refractivity contribution in [3.8, 4) is 5.75 Å². The molecule has 2 aromatic rings. The second kappa shape index (κ2) is 9.49. The summed E-state index contributed by atoms with van der Waals surface area (Å²) < 4.78 is 6.54. The molecule has 0 atom stereocenters. The first-order valence-corrected chi connectivity index (χ1v) is 11.0. The maximum atomic E-state index is 12.8. The smallest absolute Gasteiger partial charge is 0.335 e. The highest BCUT2D eigenvalue weighted by atomic mass is 79.9. The van der Waals surface area contributed by atoms with Crippen LogP contribution in [0.25, 0.3) is 6.08 Å². The lowest BCUT2D eigenvalue weighted by Gasteiger charge is -2.12. The van der Waals surface area contributed by atoms with Crippen LogP contribution in [-0.4, -0.2) is 39.7 Å². The number of halogens is 1. The van der Waals surface area contributed by atoms with Gasteiger partial charge in [0.25, 0.3) is 5.91 Å². The first kappa shape index (κ1) is 22.1. The Morgan fingerprint density at radius 1 is 1.30 bits per heavy atom. The highest BCUT2D eigenvalue weighted by Gasteiger charge is 2.32. The monoisotopic (exact) mass is 488 g/mol. The predicted molar refractivity (Wildman–Crippen MR) is 123 cm³/mol. The van der Waals surface area contributed by atoms with Gasteiger partial charge >= 0.3 is 5.97 Å². The van der Waals surface area contributed by atoms with Crippen molar-refractivity contribution in [3.63, 3.8) is 0 Å². The molecule has 2 aromatic carbocycles. The molecule has 0 spiro atoms. The SMILES string of the molecule is CCN1C(=O)/C(=C\c2ccc(OC(C)C)c(Br)c2)SC1=Nc1cccc(C(=O)O)c1. The fourth-order valence-electron chi connectivity index (χ4n) is 2.80. The Bertz CT molecular complexity index is 1050. The Hall–Kier alpha value is -2.58. The average Bonchev–Trinajstić information content (AvgIpc) is 2.98. The van der Waals surface area contributed by atoms with Gasteiger partial charge in [-0.15, -0.1) is 0 Å². The van der Waals surface area contributed by atoms with Crippen LogP contribution >= 0.6 is 27.7 Å². The molecule has 0 radical (unpaired) electrons. The zero-order valence-corrected chi connectivity index (χ0v) is 19.2. The first-order valence-electron chi connectivity index (χ1n) is 9.38. The summed E-state index contributed by atoms with van der Waals surface area (Å²) in [6.45, 7) is 6.26. The van der Waals surface area contributed by atoms with E-state index >= 15 is 0 Å². The molecule has 30 heavy (non-hydrogen) atoms. The van der Waals surface area contributed by atoms with Gasteiger partial charge in [-0.2, -0.15) is 0 Å². The van der Waals surface area contributed by atoms with E-state index in [0.717, 1.165) is 15.8 Å². The van der Waals surface area contributed by atoms with Gasteiger partial charge in [0, 0.05) is 6.54 Å². The number of amidine groups is 1. The van der Waals surface area contributed by atoms with Crippen molar-refractivity contribution < 1.29 is 19.4 Å². The van der Waals surface area contributed by atoms with Crippen LogP contribution < -0.4 is 4.74 Å². The van der Waals surface area contributed by atoms with E-state index in [-0.39, 0.29) is 17.6 Å². The molecule has 1 fully saturated rings. The first-order chi connectivity index (χ1) is 14.3. The number of thioether (sulfide) groups is 1. The van der Waals surface area contributed by atoms with Gasteiger partial charge in [-0.3, -0.25) is 9.69 Å². The highest BCUT2D eigenvalue weighted by Crippen LogP contribution is 2.35. The molecule has 8 heteroatoms. The number of ether oxygens (including phenoxy) is 1. The molecular weight excluding hydrogens is 468 g/mol. The Morgan fingerprint density at radius 3 is 2.70 bits per heavy atom. The maximum absolute atomic E-state index is 12.8. The number of carboxylic acid groups (broad SMARTS) is 1. The number of rotatable bonds is 6. The maximum Gasteiger partial charge on any atom is 0.335 e. The van der Waals surface area contributed by atoms with Crippen LogP contribution in [0.2, 0.25) is 0 Å². The quantitative estimate of drug-likeness (QED) is 0.538. The molecule has 1 aliphatic rings. The number of carbonyl (C=O) groups is 2. The van der Waals surface area contributed by atoms with Gasteiger partial charge in [0.05, 0.1) is 26.7 Å². The van der Waals surface area contributed by atoms with Crippen LogP contribution in [0.1, 0.15) is 36.7 Å². The predicted octanol–water partition coefficient (Wildman–Crippen LogP) is 5.56. The Morgan fingerprint density at radius 2 is 2.07 bits per heavy atom. The van der Waals surface area contributed by atoms with Gasteiger partial charge in [-0.05, 0) is 90.4 Å². The molecule has 1 saturated heterocycles. The van der Waals surface area contributed by atoms with Crippen molar-refractivity contribution in [2.45, 2.75) is 26.9 Å². The molecule has 6 nitrogen and oxygen atoms in total. The molecule has 1 heterocycles. The standard InChI is InChI=1S/C22H21BrN2O4S/c1-4-25-20(26)19(11-14-8-9-18(17(23)10-14)29-13(2)3)30-22(25)24-16-7-5-6-15(12-16)21(27)28/h5-13H,4H2,1-3H3,(H,27,28)/b19-11+,24-22?. The molecule has 0 aliphatic carbocycles. The lowest BCUT2D eigenvalue weighted by Crippen LogP contribution is -2.28. The van der Waals surface area contributed by atoms with Crippen LogP contribution in [-0.2, 0) is 4.79 Å². The van der Waals surface area contributed by atoms with E-state index < -0.39 is 5.97 Å². The summed E-state index contributed by atoms with van der Waals surface area (Å²) in [4.78, 5) is 30.7. The normalized spacial score (nSPS) is 16.7. The zero-order chi connectivity index (χ0) is 21.8. The third-order valence-electron chi connectivity index (χ3n) is 4.14. The number of likely N-dealkylation sites (N-methyl/N-ethyl adjacent to an activating group) is 1. The average molecular weight is 489 g/mol. The minimum absolute atomic E-state index is 0.0639. The summed E-state index contributed by atoms with van der Waals surface area (Å²) in [5, 5.41) is 9.69. The van der Waals surface area contributed by atoms with Crippen molar-refractivity contribution in [2.24, 2.45) is 4.99 Å². The molecule has 0 saturated carbocycles. The minimum Gasteiger partial charge on any atom is -0.490 e. The summed E-state index contributed by atoms with van der Waals surface area (Å²) in [6, 6.07) is 12.0. The summed E-state index contributed by atoms with van der Waals surface area (Å²) >= 11 is 4.78. The van der Waals surface area contributed by atoms with E-state index in [1.165, 1.54) is 23.9 Å². The molecule has 0 aromatic heterocycles. The fourth-order valence-corrected chi connectivity index (χ4v) is 4.35. The van der Waals surface area contributed by atoms with E-state index in [0.29, 0.717) is 22.3 Å². The van der Waals surface area contributed by atoms with Gasteiger partial charge in [0.15, 0.2) is 5.17 Å². The molecule has 0 unspecified atom stereocenters. The van der Waals surface area contributed by atoms with Crippen molar-refractivity contribution in [1.29, 1.82) is 0 Å². The van der Waals surface area contributed by atoms with E-state index in [1.807, 2.05) is 45.0 Å². The summed E-state index contributed by atoms with van der Waals surface area (Å²) in [5.41, 5.74) is 1.50. The van der Waals surface area contributed by atoms with Gasteiger partial charge < -0.3 is 9.84 Å². The van der Waals surface area contributed by atoms with Crippen LogP contribution in [0.5, 0.6) is 5.75 Å². The van der Waals surface area contributed by atoms with E-state index in [4.69, 9.17) is 9.84 Å². The summed E-state index contributed by atoms with van der Waals surface area (Å²) in [5.74, 6) is -0.404. The van der Waals surface area contributed by atoms with Crippen LogP contribution in [0.3, 0.4) is 0 Å². The van der Waals surface area contributed by atoms with Gasteiger partial charge in [-0.25, -0.2) is 9.79 Å². The second-order valence-corrected chi connectivity index (χ2v) is 8.63. The van der Waals surface area contributed by atoms with Crippen molar-refractivity contribution >= 4 is 56.5 Å². The number of nitrogens with zero attached hydrogens (tertiary/aromatic N) is 2. The van der Waals surface area contributed by atoms with Gasteiger partial charge in [-0.1, -0.05) is 12.1 Å². The summed E-state index contributed by atoms with van der Waals surface area (Å²) in [7, 11) is 0. The number of carbonyl (C=O) groups excluding carboxylic acids is 1. The molecular formula is C22H21BrN2O4S. The Labute approximate surface area is 187 Å². The largest absolute Gasteiger partial charge is 0.490 e. The zero-order valence-electron chi connectivity index (χ0n) is 16.8. The number of benzene rings is 2. The fraction of sp³-hybridized carbons (Fsp3) is 0.227.